The number of ether oxygens (including phenoxy) is 1. The highest BCUT2D eigenvalue weighted by molar-refractivity contribution is 5.79. The van der Waals surface area contributed by atoms with E-state index in [1.54, 1.807) is 7.05 Å². The van der Waals surface area contributed by atoms with Gasteiger partial charge in [-0.3, -0.25) is 4.99 Å². The van der Waals surface area contributed by atoms with Gasteiger partial charge in [0.2, 0.25) is 5.88 Å². The Morgan fingerprint density at radius 3 is 2.58 bits per heavy atom. The van der Waals surface area contributed by atoms with Crippen molar-refractivity contribution in [3.8, 4) is 5.88 Å². The average molecular weight is 359 g/mol. The number of hydrogen-bond donors (Lipinski definition) is 2. The van der Waals surface area contributed by atoms with Crippen molar-refractivity contribution in [2.75, 3.05) is 13.7 Å². The Hall–Kier alpha value is -2.57. The molecule has 26 heavy (non-hydrogen) atoms. The van der Waals surface area contributed by atoms with Crippen LogP contribution in [0.4, 0.5) is 0 Å². The van der Waals surface area contributed by atoms with Gasteiger partial charge in [0.05, 0.1) is 12.3 Å². The maximum Gasteiger partial charge on any atom is 0.213 e. The fourth-order valence-electron chi connectivity index (χ4n) is 2.52. The number of aliphatic imine (C=N–C) groups is 1. The summed E-state index contributed by atoms with van der Waals surface area (Å²) in [7, 11) is 1.75. The molecule has 2 N–H and O–H groups in total. The summed E-state index contributed by atoms with van der Waals surface area (Å²) in [6.07, 6.45) is 4.47. The molecule has 0 aliphatic carbocycles. The third-order valence-electron chi connectivity index (χ3n) is 3.97. The molecule has 0 fully saturated rings. The Kier molecular flexibility index (Phi) is 7.92. The van der Waals surface area contributed by atoms with Gasteiger partial charge in [-0.1, -0.05) is 32.0 Å². The van der Waals surface area contributed by atoms with Crippen LogP contribution in [0.1, 0.15) is 49.8 Å². The van der Waals surface area contributed by atoms with Gasteiger partial charge in [0.25, 0.3) is 0 Å². The van der Waals surface area contributed by atoms with Gasteiger partial charge in [-0.2, -0.15) is 0 Å². The fourth-order valence-corrected chi connectivity index (χ4v) is 2.52. The van der Waals surface area contributed by atoms with E-state index in [0.29, 0.717) is 25.6 Å². The van der Waals surface area contributed by atoms with Crippen molar-refractivity contribution in [3.63, 3.8) is 0 Å². The summed E-state index contributed by atoms with van der Waals surface area (Å²) in [4.78, 5) is 8.58. The van der Waals surface area contributed by atoms with Crippen molar-refractivity contribution in [1.29, 1.82) is 0 Å². The highest BCUT2D eigenvalue weighted by Gasteiger charge is 2.13. The van der Waals surface area contributed by atoms with Crippen molar-refractivity contribution in [2.45, 2.75) is 53.1 Å². The second-order valence-electron chi connectivity index (χ2n) is 5.87. The van der Waals surface area contributed by atoms with E-state index in [2.05, 4.69) is 46.5 Å². The molecular formula is C19H29N5O2. The van der Waals surface area contributed by atoms with Crippen LogP contribution in [0.5, 0.6) is 5.88 Å². The lowest BCUT2D eigenvalue weighted by Gasteiger charge is -2.12. The minimum atomic E-state index is 0.631. The lowest BCUT2D eigenvalue weighted by atomic mass is 10.1. The van der Waals surface area contributed by atoms with E-state index < -0.39 is 0 Å². The van der Waals surface area contributed by atoms with Crippen molar-refractivity contribution >= 4 is 5.96 Å². The molecule has 0 saturated carbocycles. The first-order valence-corrected chi connectivity index (χ1v) is 9.20. The van der Waals surface area contributed by atoms with Crippen LogP contribution in [0.25, 0.3) is 0 Å². The summed E-state index contributed by atoms with van der Waals surface area (Å²) < 4.78 is 10.9. The number of rotatable bonds is 9. The zero-order chi connectivity index (χ0) is 18.8. The molecule has 0 radical (unpaired) electrons. The monoisotopic (exact) mass is 359 g/mol. The summed E-state index contributed by atoms with van der Waals surface area (Å²) in [5.74, 6) is 2.31. The smallest absolute Gasteiger partial charge is 0.213 e. The maximum atomic E-state index is 5.50. The normalized spacial score (nSPS) is 11.5. The molecule has 7 heteroatoms. The van der Waals surface area contributed by atoms with Gasteiger partial charge in [-0.15, -0.1) is 0 Å². The molecule has 2 aromatic rings. The molecule has 0 amide bonds. The van der Waals surface area contributed by atoms with E-state index >= 15 is 0 Å². The van der Waals surface area contributed by atoms with E-state index in [4.69, 9.17) is 9.26 Å². The molecule has 0 aliphatic rings. The largest absolute Gasteiger partial charge is 0.478 e. The van der Waals surface area contributed by atoms with Crippen LogP contribution >= 0.6 is 0 Å². The number of aryl methyl sites for hydroxylation is 2. The summed E-state index contributed by atoms with van der Waals surface area (Å²) in [6, 6.07) is 3.89. The van der Waals surface area contributed by atoms with Crippen LogP contribution in [0.15, 0.2) is 27.8 Å². The second kappa shape index (κ2) is 10.4. The molecule has 0 unspecified atom stereocenters. The quantitative estimate of drug-likeness (QED) is 0.529. The number of hydrogen-bond acceptors (Lipinski definition) is 5. The predicted octanol–water partition coefficient (Wildman–Crippen LogP) is 2.85. The molecule has 2 heterocycles. The third kappa shape index (κ3) is 5.47. The molecule has 142 valence electrons. The van der Waals surface area contributed by atoms with Gasteiger partial charge in [-0.05, 0) is 18.4 Å². The summed E-state index contributed by atoms with van der Waals surface area (Å²) >= 11 is 0. The molecule has 7 nitrogen and oxygen atoms in total. The van der Waals surface area contributed by atoms with Crippen molar-refractivity contribution in [3.05, 3.63) is 40.9 Å². The molecule has 2 aromatic heterocycles. The van der Waals surface area contributed by atoms with Crippen molar-refractivity contribution < 1.29 is 9.26 Å². The van der Waals surface area contributed by atoms with Gasteiger partial charge >= 0.3 is 0 Å². The number of guanidine groups is 1. The molecule has 0 bridgehead atoms. The average Bonchev–Trinajstić information content (AvgIpc) is 3.09. The Morgan fingerprint density at radius 2 is 1.96 bits per heavy atom. The molecule has 0 atom stereocenters. The first kappa shape index (κ1) is 19.8. The van der Waals surface area contributed by atoms with Crippen LogP contribution in [-0.2, 0) is 25.9 Å². The molecule has 0 aliphatic heterocycles. The second-order valence-corrected chi connectivity index (χ2v) is 5.87. The van der Waals surface area contributed by atoms with Crippen molar-refractivity contribution in [1.82, 2.24) is 20.8 Å². The number of nitrogens with zero attached hydrogens (tertiary/aromatic N) is 3. The van der Waals surface area contributed by atoms with Gasteiger partial charge in [0.1, 0.15) is 5.76 Å². The number of pyridine rings is 1. The molecule has 0 spiro atoms. The van der Waals surface area contributed by atoms with Crippen LogP contribution < -0.4 is 15.4 Å². The van der Waals surface area contributed by atoms with E-state index in [1.165, 1.54) is 0 Å². The first-order valence-electron chi connectivity index (χ1n) is 9.20. The van der Waals surface area contributed by atoms with Gasteiger partial charge in [-0.25, -0.2) is 4.98 Å². The van der Waals surface area contributed by atoms with Crippen LogP contribution in [0, 0.1) is 0 Å². The van der Waals surface area contributed by atoms with Gasteiger partial charge in [0, 0.05) is 44.4 Å². The Balaban J connectivity index is 1.87. The summed E-state index contributed by atoms with van der Waals surface area (Å²) in [5.41, 5.74) is 3.18. The zero-order valence-corrected chi connectivity index (χ0v) is 16.1. The Bertz CT molecular complexity index is 673. The van der Waals surface area contributed by atoms with Crippen LogP contribution in [-0.4, -0.2) is 29.8 Å². The highest BCUT2D eigenvalue weighted by Crippen LogP contribution is 2.15. The van der Waals surface area contributed by atoms with Crippen LogP contribution in [0.2, 0.25) is 0 Å². The molecule has 0 aromatic carbocycles. The maximum absolute atomic E-state index is 5.50. The summed E-state index contributed by atoms with van der Waals surface area (Å²) in [6.45, 7) is 8.17. The van der Waals surface area contributed by atoms with Gasteiger partial charge < -0.3 is 19.9 Å². The first-order chi connectivity index (χ1) is 12.7. The van der Waals surface area contributed by atoms with Crippen molar-refractivity contribution in [2.24, 2.45) is 4.99 Å². The minimum absolute atomic E-state index is 0.631. The topological polar surface area (TPSA) is 84.6 Å². The van der Waals surface area contributed by atoms with Crippen LogP contribution in [0.3, 0.4) is 0 Å². The Labute approximate surface area is 155 Å². The van der Waals surface area contributed by atoms with E-state index in [9.17, 15) is 0 Å². The Morgan fingerprint density at radius 1 is 1.15 bits per heavy atom. The number of nitrogens with one attached hydrogen (secondary N) is 2. The number of aromatic nitrogens is 2. The van der Waals surface area contributed by atoms with E-state index in [0.717, 1.165) is 47.8 Å². The third-order valence-corrected chi connectivity index (χ3v) is 3.97. The standard InChI is InChI=1S/C19H29N5O2/c1-5-10-25-18-9-8-14(11-21-18)12-22-19(20-4)23-13-15-16(6-2)24-26-17(15)7-3/h8-9,11H,5-7,10,12-13H2,1-4H3,(H2,20,22,23). The SMILES string of the molecule is CCCOc1ccc(CNC(=NC)NCc2c(CC)noc2CC)cn1. The van der Waals surface area contributed by atoms with Gasteiger partial charge in [0.15, 0.2) is 5.96 Å². The lowest BCUT2D eigenvalue weighted by Crippen LogP contribution is -2.36. The molecule has 0 saturated heterocycles. The predicted molar refractivity (Wildman–Crippen MR) is 102 cm³/mol. The summed E-state index contributed by atoms with van der Waals surface area (Å²) in [5, 5.41) is 10.8. The van der Waals surface area contributed by atoms with E-state index in [-0.39, 0.29) is 0 Å². The van der Waals surface area contributed by atoms with E-state index in [1.807, 2.05) is 18.3 Å². The molecular weight excluding hydrogens is 330 g/mol. The molecule has 2 rings (SSSR count). The lowest BCUT2D eigenvalue weighted by molar-refractivity contribution is 0.305. The highest BCUT2D eigenvalue weighted by atomic mass is 16.5. The zero-order valence-electron chi connectivity index (χ0n) is 16.1. The minimum Gasteiger partial charge on any atom is -0.478 e. The fraction of sp³-hybridized carbons (Fsp3) is 0.526.